The number of hydrogen-bond acceptors (Lipinski definition) is 8. The van der Waals surface area contributed by atoms with Gasteiger partial charge in [-0.2, -0.15) is 4.98 Å². The van der Waals surface area contributed by atoms with E-state index in [1.165, 1.54) is 6.07 Å². The van der Waals surface area contributed by atoms with Crippen molar-refractivity contribution < 1.29 is 9.13 Å². The maximum absolute atomic E-state index is 14.1. The molecule has 1 saturated heterocycles. The third-order valence-corrected chi connectivity index (χ3v) is 6.38. The highest BCUT2D eigenvalue weighted by molar-refractivity contribution is 5.78. The van der Waals surface area contributed by atoms with Crippen molar-refractivity contribution >= 4 is 29.0 Å². The standard InChI is InChI=1S/C24H28FN7O/c1-31-20-15-27-22(14-19(20)28-23(31)13-16-5-3-4-6-18(16)25)29-21-7-10-26-24(30-21)32-11-8-17(33-2)9-12-32/h3-7,10,14-15,17,23,28H,8-9,11-13H2,1-2H3,(H,26,27,29,30). The summed E-state index contributed by atoms with van der Waals surface area (Å²) in [5.74, 6) is 1.90. The smallest absolute Gasteiger partial charge is 0.227 e. The summed E-state index contributed by atoms with van der Waals surface area (Å²) in [6.45, 7) is 1.75. The van der Waals surface area contributed by atoms with Gasteiger partial charge in [0.15, 0.2) is 0 Å². The zero-order chi connectivity index (χ0) is 22.8. The molecule has 2 N–H and O–H groups in total. The van der Waals surface area contributed by atoms with Crippen LogP contribution in [0.3, 0.4) is 0 Å². The number of halogens is 1. The number of ether oxygens (including phenoxy) is 1. The van der Waals surface area contributed by atoms with Crippen LogP contribution in [0.2, 0.25) is 0 Å². The largest absolute Gasteiger partial charge is 0.381 e. The zero-order valence-electron chi connectivity index (χ0n) is 18.8. The van der Waals surface area contributed by atoms with Gasteiger partial charge in [-0.3, -0.25) is 0 Å². The number of nitrogens with zero attached hydrogens (tertiary/aromatic N) is 5. The summed E-state index contributed by atoms with van der Waals surface area (Å²) < 4.78 is 19.6. The van der Waals surface area contributed by atoms with E-state index in [1.807, 2.05) is 37.5 Å². The van der Waals surface area contributed by atoms with Crippen LogP contribution in [-0.2, 0) is 11.2 Å². The van der Waals surface area contributed by atoms with Crippen LogP contribution in [0.15, 0.2) is 48.8 Å². The molecule has 4 heterocycles. The number of aromatic nitrogens is 3. The lowest BCUT2D eigenvalue weighted by Gasteiger charge is -2.31. The van der Waals surface area contributed by atoms with Crippen molar-refractivity contribution in [2.24, 2.45) is 0 Å². The highest BCUT2D eigenvalue weighted by atomic mass is 19.1. The van der Waals surface area contributed by atoms with Crippen molar-refractivity contribution in [1.29, 1.82) is 0 Å². The number of pyridine rings is 1. The van der Waals surface area contributed by atoms with Gasteiger partial charge in [0.2, 0.25) is 5.95 Å². The van der Waals surface area contributed by atoms with Crippen molar-refractivity contribution in [2.75, 3.05) is 47.7 Å². The van der Waals surface area contributed by atoms with E-state index in [1.54, 1.807) is 19.4 Å². The minimum atomic E-state index is -0.185. The van der Waals surface area contributed by atoms with Gasteiger partial charge in [-0.25, -0.2) is 14.4 Å². The summed E-state index contributed by atoms with van der Waals surface area (Å²) in [4.78, 5) is 18.0. The van der Waals surface area contributed by atoms with Crippen molar-refractivity contribution in [3.63, 3.8) is 0 Å². The molecule has 2 aromatic heterocycles. The maximum atomic E-state index is 14.1. The van der Waals surface area contributed by atoms with Gasteiger partial charge in [0.25, 0.3) is 0 Å². The number of piperidine rings is 1. The first-order chi connectivity index (χ1) is 16.1. The topological polar surface area (TPSA) is 78.4 Å². The highest BCUT2D eigenvalue weighted by Crippen LogP contribution is 2.36. The van der Waals surface area contributed by atoms with Crippen molar-refractivity contribution in [2.45, 2.75) is 31.5 Å². The zero-order valence-corrected chi connectivity index (χ0v) is 18.8. The van der Waals surface area contributed by atoms with Crippen molar-refractivity contribution in [1.82, 2.24) is 15.0 Å². The van der Waals surface area contributed by atoms with Crippen LogP contribution in [0.25, 0.3) is 0 Å². The number of methoxy groups -OCH3 is 1. The summed E-state index contributed by atoms with van der Waals surface area (Å²) in [6.07, 6.45) is 6.34. The van der Waals surface area contributed by atoms with Gasteiger partial charge in [0, 0.05) is 45.9 Å². The molecule has 33 heavy (non-hydrogen) atoms. The molecular formula is C24H28FN7O. The number of anilines is 5. The summed E-state index contributed by atoms with van der Waals surface area (Å²) >= 11 is 0. The van der Waals surface area contributed by atoms with Gasteiger partial charge in [-0.1, -0.05) is 18.2 Å². The number of benzene rings is 1. The summed E-state index contributed by atoms with van der Waals surface area (Å²) in [5.41, 5.74) is 2.61. The average molecular weight is 450 g/mol. The van der Waals surface area contributed by atoms with Crippen LogP contribution < -0.4 is 20.4 Å². The van der Waals surface area contributed by atoms with Gasteiger partial charge < -0.3 is 25.2 Å². The van der Waals surface area contributed by atoms with Gasteiger partial charge >= 0.3 is 0 Å². The monoisotopic (exact) mass is 449 g/mol. The van der Waals surface area contributed by atoms with E-state index in [9.17, 15) is 4.39 Å². The van der Waals surface area contributed by atoms with Crippen LogP contribution in [0.1, 0.15) is 18.4 Å². The number of fused-ring (bicyclic) bond motifs is 1. The predicted octanol–water partition coefficient (Wildman–Crippen LogP) is 3.80. The normalized spacial score (nSPS) is 18.2. The number of likely N-dealkylation sites (N-methyl/N-ethyl adjacent to an activating group) is 1. The quantitative estimate of drug-likeness (QED) is 0.589. The first kappa shape index (κ1) is 21.4. The molecule has 2 aliphatic rings. The SMILES string of the molecule is COC1CCN(c2nccc(Nc3cc4c(cn3)N(C)C(Cc3ccccc3F)N4)n2)CC1. The molecule has 9 heteroatoms. The molecule has 8 nitrogen and oxygen atoms in total. The van der Waals surface area contributed by atoms with Crippen LogP contribution in [0, 0.1) is 5.82 Å². The fourth-order valence-corrected chi connectivity index (χ4v) is 4.41. The van der Waals surface area contributed by atoms with Crippen molar-refractivity contribution in [3.05, 3.63) is 60.2 Å². The lowest BCUT2D eigenvalue weighted by Crippen LogP contribution is -2.37. The molecule has 0 amide bonds. The highest BCUT2D eigenvalue weighted by Gasteiger charge is 2.27. The first-order valence-electron chi connectivity index (χ1n) is 11.2. The predicted molar refractivity (Wildman–Crippen MR) is 128 cm³/mol. The second kappa shape index (κ2) is 9.19. The van der Waals surface area contributed by atoms with E-state index >= 15 is 0 Å². The van der Waals surface area contributed by atoms with Gasteiger partial charge in [-0.05, 0) is 30.5 Å². The Hall–Kier alpha value is -3.46. The molecule has 0 spiro atoms. The van der Waals surface area contributed by atoms with Crippen LogP contribution in [-0.4, -0.2) is 54.5 Å². The average Bonchev–Trinajstić information content (AvgIpc) is 3.15. The molecule has 172 valence electrons. The first-order valence-corrected chi connectivity index (χ1v) is 11.2. The maximum Gasteiger partial charge on any atom is 0.227 e. The molecule has 2 aliphatic heterocycles. The second-order valence-corrected chi connectivity index (χ2v) is 8.44. The fraction of sp³-hybridized carbons (Fsp3) is 0.375. The lowest BCUT2D eigenvalue weighted by molar-refractivity contribution is 0.0816. The molecular weight excluding hydrogens is 421 g/mol. The van der Waals surface area contributed by atoms with E-state index in [0.717, 1.165) is 37.3 Å². The van der Waals surface area contributed by atoms with Gasteiger partial charge in [0.05, 0.1) is 23.7 Å². The van der Waals surface area contributed by atoms with Crippen LogP contribution in [0.4, 0.5) is 33.3 Å². The number of rotatable bonds is 6. The Morgan fingerprint density at radius 1 is 1.15 bits per heavy atom. The third kappa shape index (κ3) is 4.54. The van der Waals surface area contributed by atoms with E-state index in [-0.39, 0.29) is 12.0 Å². The van der Waals surface area contributed by atoms with Crippen LogP contribution in [0.5, 0.6) is 0 Å². The van der Waals surface area contributed by atoms with Gasteiger partial charge in [-0.15, -0.1) is 0 Å². The Bertz CT molecular complexity index is 1120. The number of nitrogens with one attached hydrogen (secondary N) is 2. The van der Waals surface area contributed by atoms with Crippen LogP contribution >= 0.6 is 0 Å². The molecule has 1 fully saturated rings. The van der Waals surface area contributed by atoms with E-state index in [2.05, 4.69) is 35.4 Å². The molecule has 3 aromatic rings. The van der Waals surface area contributed by atoms with E-state index < -0.39 is 0 Å². The fourth-order valence-electron chi connectivity index (χ4n) is 4.41. The van der Waals surface area contributed by atoms with Crippen molar-refractivity contribution in [3.8, 4) is 0 Å². The van der Waals surface area contributed by atoms with Gasteiger partial charge in [0.1, 0.15) is 23.6 Å². The molecule has 1 atom stereocenters. The molecule has 0 bridgehead atoms. The Kier molecular flexibility index (Phi) is 5.95. The molecule has 0 saturated carbocycles. The minimum Gasteiger partial charge on any atom is -0.381 e. The summed E-state index contributed by atoms with van der Waals surface area (Å²) in [7, 11) is 3.75. The summed E-state index contributed by atoms with van der Waals surface area (Å²) in [5, 5.41) is 6.77. The molecule has 1 aromatic carbocycles. The Labute approximate surface area is 192 Å². The van der Waals surface area contributed by atoms with E-state index in [0.29, 0.717) is 35.7 Å². The Balaban J connectivity index is 1.27. The Morgan fingerprint density at radius 2 is 1.97 bits per heavy atom. The minimum absolute atomic E-state index is 0.0466. The molecule has 5 rings (SSSR count). The summed E-state index contributed by atoms with van der Waals surface area (Å²) in [6, 6.07) is 10.7. The molecule has 1 unspecified atom stereocenters. The lowest BCUT2D eigenvalue weighted by atomic mass is 10.1. The third-order valence-electron chi connectivity index (χ3n) is 6.38. The molecule has 0 radical (unpaired) electrons. The Morgan fingerprint density at radius 3 is 2.76 bits per heavy atom. The number of hydrogen-bond donors (Lipinski definition) is 2. The molecule has 0 aliphatic carbocycles. The second-order valence-electron chi connectivity index (χ2n) is 8.44. The van der Waals surface area contributed by atoms with E-state index in [4.69, 9.17) is 4.74 Å².